The number of hydrogen-bond acceptors (Lipinski definition) is 7. The van der Waals surface area contributed by atoms with Crippen molar-refractivity contribution >= 4 is 44.1 Å². The summed E-state index contributed by atoms with van der Waals surface area (Å²) in [5, 5.41) is 12.0. The van der Waals surface area contributed by atoms with Gasteiger partial charge in [0.05, 0.1) is 28.4 Å². The molecule has 0 aliphatic carbocycles. The molecule has 0 spiro atoms. The number of benzene rings is 3. The maximum absolute atomic E-state index is 13.7. The first-order chi connectivity index (χ1) is 19.2. The summed E-state index contributed by atoms with van der Waals surface area (Å²) in [5.74, 6) is -0.301. The number of rotatable bonds is 6. The third kappa shape index (κ3) is 4.42. The fourth-order valence-corrected chi connectivity index (χ4v) is 6.69. The van der Waals surface area contributed by atoms with E-state index in [4.69, 9.17) is 14.5 Å². The van der Waals surface area contributed by atoms with Crippen LogP contribution in [-0.4, -0.2) is 34.5 Å². The Labute approximate surface area is 236 Å². The van der Waals surface area contributed by atoms with Crippen molar-refractivity contribution in [3.8, 4) is 11.5 Å². The van der Waals surface area contributed by atoms with E-state index in [1.807, 2.05) is 70.2 Å². The molecule has 2 aliphatic rings. The second-order valence-electron chi connectivity index (χ2n) is 10.5. The minimum atomic E-state index is -0.879. The fourth-order valence-electron chi connectivity index (χ4n) is 5.53. The predicted molar refractivity (Wildman–Crippen MR) is 156 cm³/mol. The summed E-state index contributed by atoms with van der Waals surface area (Å²) in [4.78, 5) is 33.6. The molecule has 0 unspecified atom stereocenters. The molecular weight excluding hydrogens is 524 g/mol. The third-order valence-corrected chi connectivity index (χ3v) is 8.29. The van der Waals surface area contributed by atoms with Crippen LogP contribution >= 0.6 is 11.3 Å². The van der Waals surface area contributed by atoms with Crippen LogP contribution in [0.15, 0.2) is 60.2 Å². The monoisotopic (exact) mass is 554 g/mol. The van der Waals surface area contributed by atoms with Crippen LogP contribution < -0.4 is 14.4 Å². The Morgan fingerprint density at radius 2 is 1.98 bits per heavy atom. The van der Waals surface area contributed by atoms with E-state index in [2.05, 4.69) is 0 Å². The summed E-state index contributed by atoms with van der Waals surface area (Å²) in [5.41, 5.74) is 4.97. The first-order valence-corrected chi connectivity index (χ1v) is 14.3. The number of fused-ring (bicyclic) bond motifs is 2. The zero-order chi connectivity index (χ0) is 28.1. The topological polar surface area (TPSA) is 89.0 Å². The number of nitrogens with zero attached hydrogens (tertiary/aromatic N) is 2. The molecular formula is C32H30N2O5S. The molecule has 40 heavy (non-hydrogen) atoms. The van der Waals surface area contributed by atoms with E-state index >= 15 is 0 Å². The second-order valence-corrected chi connectivity index (χ2v) is 11.5. The number of ketones is 1. The molecule has 0 bridgehead atoms. The van der Waals surface area contributed by atoms with E-state index < -0.39 is 17.7 Å². The van der Waals surface area contributed by atoms with Gasteiger partial charge in [0, 0.05) is 12.0 Å². The number of aliphatic hydroxyl groups is 1. The molecule has 3 aromatic carbocycles. The summed E-state index contributed by atoms with van der Waals surface area (Å²) >= 11 is 1.36. The lowest BCUT2D eigenvalue weighted by Crippen LogP contribution is -2.29. The number of ether oxygens (including phenoxy) is 2. The number of carbonyl (C=O) groups excluding carboxylic acids is 2. The molecule has 1 saturated heterocycles. The van der Waals surface area contributed by atoms with E-state index in [1.165, 1.54) is 16.2 Å². The van der Waals surface area contributed by atoms with Gasteiger partial charge in [0.25, 0.3) is 5.78 Å². The van der Waals surface area contributed by atoms with Gasteiger partial charge in [-0.2, -0.15) is 0 Å². The number of aliphatic hydroxyl groups excluding tert-OH is 1. The molecule has 1 N–H and O–H groups in total. The average Bonchev–Trinajstić information content (AvgIpc) is 3.59. The van der Waals surface area contributed by atoms with Crippen LogP contribution in [-0.2, 0) is 16.0 Å². The van der Waals surface area contributed by atoms with Crippen LogP contribution in [0.4, 0.5) is 5.13 Å². The molecule has 1 aromatic heterocycles. The van der Waals surface area contributed by atoms with Gasteiger partial charge in [0.2, 0.25) is 0 Å². The van der Waals surface area contributed by atoms with Gasteiger partial charge in [0.1, 0.15) is 23.4 Å². The number of thiazole rings is 1. The molecule has 8 heteroatoms. The van der Waals surface area contributed by atoms with Crippen LogP contribution in [0.5, 0.6) is 11.5 Å². The SMILES string of the molecule is CCCOc1cccc([C@H]2/C(=C(\O)c3ccc4c(c3)C[C@H](C)O4)C(=O)C(=O)N2c2nc3c(C)cc(C)cc3s2)c1. The van der Waals surface area contributed by atoms with Crippen LogP contribution in [0.3, 0.4) is 0 Å². The highest BCUT2D eigenvalue weighted by atomic mass is 32.1. The van der Waals surface area contributed by atoms with Crippen molar-refractivity contribution in [1.29, 1.82) is 0 Å². The summed E-state index contributed by atoms with van der Waals surface area (Å²) in [6, 6.07) is 15.9. The van der Waals surface area contributed by atoms with Crippen molar-refractivity contribution in [1.82, 2.24) is 4.98 Å². The van der Waals surface area contributed by atoms with Crippen molar-refractivity contribution in [3.05, 3.63) is 88.0 Å². The van der Waals surface area contributed by atoms with E-state index in [1.54, 1.807) is 12.1 Å². The Bertz CT molecular complexity index is 1700. The van der Waals surface area contributed by atoms with Crippen molar-refractivity contribution in [2.45, 2.75) is 52.7 Å². The van der Waals surface area contributed by atoms with Crippen LogP contribution in [0.1, 0.15) is 54.1 Å². The molecule has 1 fully saturated rings. The van der Waals surface area contributed by atoms with E-state index in [0.29, 0.717) is 35.0 Å². The fraction of sp³-hybridized carbons (Fsp3) is 0.281. The third-order valence-electron chi connectivity index (χ3n) is 7.29. The Kier molecular flexibility index (Phi) is 6.58. The summed E-state index contributed by atoms with van der Waals surface area (Å²) < 4.78 is 12.6. The first-order valence-electron chi connectivity index (χ1n) is 13.5. The van der Waals surface area contributed by atoms with Crippen molar-refractivity contribution in [3.63, 3.8) is 0 Å². The Morgan fingerprint density at radius 3 is 2.77 bits per heavy atom. The number of Topliss-reactive ketones (excluding diaryl/α,β-unsaturated/α-hetero) is 1. The number of anilines is 1. The molecule has 2 aliphatic heterocycles. The normalized spacial score (nSPS) is 19.8. The van der Waals surface area contributed by atoms with Crippen molar-refractivity contribution in [2.75, 3.05) is 11.5 Å². The lowest BCUT2D eigenvalue weighted by molar-refractivity contribution is -0.132. The van der Waals surface area contributed by atoms with Gasteiger partial charge in [-0.3, -0.25) is 14.5 Å². The molecule has 2 atom stereocenters. The first kappa shape index (κ1) is 26.1. The lowest BCUT2D eigenvalue weighted by atomic mass is 9.94. The predicted octanol–water partition coefficient (Wildman–Crippen LogP) is 6.65. The van der Waals surface area contributed by atoms with E-state index in [0.717, 1.165) is 39.1 Å². The molecule has 0 saturated carbocycles. The van der Waals surface area contributed by atoms with Crippen molar-refractivity contribution < 1.29 is 24.2 Å². The quantitative estimate of drug-likeness (QED) is 0.163. The maximum atomic E-state index is 13.7. The highest BCUT2D eigenvalue weighted by molar-refractivity contribution is 7.22. The van der Waals surface area contributed by atoms with Crippen molar-refractivity contribution in [2.24, 2.45) is 0 Å². The average molecular weight is 555 g/mol. The number of carbonyl (C=O) groups is 2. The Balaban J connectivity index is 1.53. The molecule has 4 aromatic rings. The van der Waals surface area contributed by atoms with Gasteiger partial charge < -0.3 is 14.6 Å². The van der Waals surface area contributed by atoms with Crippen LogP contribution in [0.25, 0.3) is 16.0 Å². The number of amides is 1. The van der Waals surface area contributed by atoms with Crippen LogP contribution in [0.2, 0.25) is 0 Å². The van der Waals surface area contributed by atoms with E-state index in [-0.39, 0.29) is 17.4 Å². The van der Waals surface area contributed by atoms with E-state index in [9.17, 15) is 14.7 Å². The van der Waals surface area contributed by atoms with Crippen LogP contribution in [0, 0.1) is 13.8 Å². The Hall–Kier alpha value is -4.17. The highest BCUT2D eigenvalue weighted by Crippen LogP contribution is 2.45. The van der Waals surface area contributed by atoms with Gasteiger partial charge >= 0.3 is 5.91 Å². The van der Waals surface area contributed by atoms with Gasteiger partial charge in [-0.15, -0.1) is 0 Å². The number of aryl methyl sites for hydroxylation is 2. The number of aromatic nitrogens is 1. The minimum absolute atomic E-state index is 0.0247. The maximum Gasteiger partial charge on any atom is 0.301 e. The number of hydrogen-bond donors (Lipinski definition) is 1. The molecule has 204 valence electrons. The summed E-state index contributed by atoms with van der Waals surface area (Å²) in [6.07, 6.45) is 1.58. The molecule has 6 rings (SSSR count). The Morgan fingerprint density at radius 1 is 1.15 bits per heavy atom. The standard InChI is InChI=1S/C32H30N2O5S/c1-5-11-38-23-8-6-7-20(16-23)28-26(29(35)21-9-10-24-22(15-21)14-19(4)39-24)30(36)31(37)34(28)32-33-27-18(3)12-17(2)13-25(27)40-32/h6-10,12-13,15-16,19,28,35H,5,11,14H2,1-4H3/b29-26+/t19-,28-/m0/s1. The van der Waals surface area contributed by atoms with Gasteiger partial charge in [-0.25, -0.2) is 4.98 Å². The second kappa shape index (κ2) is 10.1. The zero-order valence-corrected chi connectivity index (χ0v) is 23.7. The molecule has 1 amide bonds. The highest BCUT2D eigenvalue weighted by Gasteiger charge is 2.48. The van der Waals surface area contributed by atoms with Gasteiger partial charge in [-0.05, 0) is 85.8 Å². The van der Waals surface area contributed by atoms with Gasteiger partial charge in [-0.1, -0.05) is 36.5 Å². The summed E-state index contributed by atoms with van der Waals surface area (Å²) in [7, 11) is 0. The summed E-state index contributed by atoms with van der Waals surface area (Å²) in [6.45, 7) is 8.55. The molecule has 7 nitrogen and oxygen atoms in total. The van der Waals surface area contributed by atoms with Gasteiger partial charge in [0.15, 0.2) is 5.13 Å². The molecule has 3 heterocycles. The lowest BCUT2D eigenvalue weighted by Gasteiger charge is -2.23. The molecule has 0 radical (unpaired) electrons. The zero-order valence-electron chi connectivity index (χ0n) is 22.9. The minimum Gasteiger partial charge on any atom is -0.507 e. The largest absolute Gasteiger partial charge is 0.507 e. The smallest absolute Gasteiger partial charge is 0.301 e.